The number of nitrogens with zero attached hydrogens (tertiary/aromatic N) is 1. The molecule has 2 aromatic carbocycles. The zero-order valence-electron chi connectivity index (χ0n) is 18.6. The molecule has 0 bridgehead atoms. The third kappa shape index (κ3) is 5.26. The van der Waals surface area contributed by atoms with Crippen LogP contribution in [0.2, 0.25) is 0 Å². The molecule has 0 aliphatic carbocycles. The van der Waals surface area contributed by atoms with Gasteiger partial charge in [0.2, 0.25) is 5.91 Å². The van der Waals surface area contributed by atoms with Gasteiger partial charge in [-0.2, -0.15) is 0 Å². The van der Waals surface area contributed by atoms with E-state index in [0.717, 1.165) is 5.56 Å². The lowest BCUT2D eigenvalue weighted by Gasteiger charge is -2.24. The molecule has 1 aliphatic rings. The molecule has 0 spiro atoms. The van der Waals surface area contributed by atoms with E-state index in [0.29, 0.717) is 24.4 Å². The highest BCUT2D eigenvalue weighted by Gasteiger charge is 2.46. The lowest BCUT2D eigenvalue weighted by Crippen LogP contribution is -2.46. The fourth-order valence-electron chi connectivity index (χ4n) is 3.73. The summed E-state index contributed by atoms with van der Waals surface area (Å²) < 4.78 is 15.8. The third-order valence-corrected chi connectivity index (χ3v) is 5.40. The minimum absolute atomic E-state index is 0.193. The third-order valence-electron chi connectivity index (χ3n) is 5.40. The molecular formula is C25H25N3O6. The van der Waals surface area contributed by atoms with Crippen LogP contribution in [0.4, 0.5) is 10.5 Å². The Balaban J connectivity index is 1.53. The molecule has 0 radical (unpaired) electrons. The SMILES string of the molecule is COCCNC(=O)[C@@H]1[C@H](c2ccc(NC(=O)c3ccco3)cc2)OC(=O)N1Cc1ccccc1. The van der Waals surface area contributed by atoms with Crippen LogP contribution in [0.1, 0.15) is 27.8 Å². The number of amides is 3. The van der Waals surface area contributed by atoms with Gasteiger partial charge in [-0.1, -0.05) is 42.5 Å². The maximum atomic E-state index is 13.1. The van der Waals surface area contributed by atoms with Crippen molar-refractivity contribution in [2.45, 2.75) is 18.7 Å². The minimum atomic E-state index is -0.867. The van der Waals surface area contributed by atoms with Crippen LogP contribution in [-0.4, -0.2) is 49.1 Å². The maximum Gasteiger partial charge on any atom is 0.411 e. The molecule has 1 aromatic heterocycles. The van der Waals surface area contributed by atoms with Crippen LogP contribution in [0.25, 0.3) is 0 Å². The van der Waals surface area contributed by atoms with Gasteiger partial charge in [0, 0.05) is 19.3 Å². The summed E-state index contributed by atoms with van der Waals surface area (Å²) in [6, 6.07) is 18.5. The number of cyclic esters (lactones) is 1. The average molecular weight is 463 g/mol. The predicted molar refractivity (Wildman–Crippen MR) is 123 cm³/mol. The summed E-state index contributed by atoms with van der Waals surface area (Å²) in [5.74, 6) is -0.522. The van der Waals surface area contributed by atoms with Crippen LogP contribution in [-0.2, 0) is 20.8 Å². The van der Waals surface area contributed by atoms with Crippen molar-refractivity contribution in [2.75, 3.05) is 25.6 Å². The summed E-state index contributed by atoms with van der Waals surface area (Å²) in [6.07, 6.45) is 0.0374. The second-order valence-electron chi connectivity index (χ2n) is 7.70. The van der Waals surface area contributed by atoms with Crippen molar-refractivity contribution in [3.05, 3.63) is 89.9 Å². The summed E-state index contributed by atoms with van der Waals surface area (Å²) in [5, 5.41) is 5.55. The largest absolute Gasteiger partial charge is 0.459 e. The van der Waals surface area contributed by atoms with E-state index >= 15 is 0 Å². The molecule has 1 saturated heterocycles. The monoisotopic (exact) mass is 463 g/mol. The van der Waals surface area contributed by atoms with Gasteiger partial charge in [-0.15, -0.1) is 0 Å². The first-order valence-electron chi connectivity index (χ1n) is 10.8. The molecule has 0 unspecified atom stereocenters. The van der Waals surface area contributed by atoms with Crippen molar-refractivity contribution in [3.63, 3.8) is 0 Å². The van der Waals surface area contributed by atoms with Gasteiger partial charge in [-0.25, -0.2) is 4.79 Å². The van der Waals surface area contributed by atoms with Crippen molar-refractivity contribution < 1.29 is 28.3 Å². The van der Waals surface area contributed by atoms with Crippen LogP contribution in [0, 0.1) is 0 Å². The van der Waals surface area contributed by atoms with E-state index in [4.69, 9.17) is 13.9 Å². The Kier molecular flexibility index (Phi) is 7.24. The Morgan fingerprint density at radius 2 is 1.79 bits per heavy atom. The standard InChI is InChI=1S/C25H25N3O6/c1-32-15-13-26-24(30)21-22(34-25(31)28(21)16-17-6-3-2-4-7-17)18-9-11-19(12-10-18)27-23(29)20-8-5-14-33-20/h2-12,14,21-22H,13,15-16H2,1H3,(H,26,30)(H,27,29)/t21-,22-/m0/s1. The van der Waals surface area contributed by atoms with Gasteiger partial charge >= 0.3 is 6.09 Å². The number of ether oxygens (including phenoxy) is 2. The molecule has 34 heavy (non-hydrogen) atoms. The first kappa shape index (κ1) is 23.1. The summed E-state index contributed by atoms with van der Waals surface area (Å²) in [6.45, 7) is 0.889. The molecule has 3 amide bonds. The van der Waals surface area contributed by atoms with E-state index < -0.39 is 18.2 Å². The number of furan rings is 1. The Hall–Kier alpha value is -4.11. The van der Waals surface area contributed by atoms with Gasteiger partial charge in [0.1, 0.15) is 0 Å². The van der Waals surface area contributed by atoms with Crippen LogP contribution in [0.5, 0.6) is 0 Å². The van der Waals surface area contributed by atoms with Crippen molar-refractivity contribution in [1.82, 2.24) is 10.2 Å². The van der Waals surface area contributed by atoms with Crippen molar-refractivity contribution in [3.8, 4) is 0 Å². The number of hydrogen-bond donors (Lipinski definition) is 2. The fourth-order valence-corrected chi connectivity index (χ4v) is 3.73. The number of anilines is 1. The van der Waals surface area contributed by atoms with Crippen LogP contribution >= 0.6 is 0 Å². The quantitative estimate of drug-likeness (QED) is 0.471. The van der Waals surface area contributed by atoms with E-state index in [-0.39, 0.29) is 24.1 Å². The van der Waals surface area contributed by atoms with Gasteiger partial charge in [0.05, 0.1) is 19.4 Å². The Bertz CT molecular complexity index is 1120. The molecular weight excluding hydrogens is 438 g/mol. The zero-order chi connectivity index (χ0) is 23.9. The van der Waals surface area contributed by atoms with Gasteiger partial charge < -0.3 is 24.5 Å². The molecule has 2 N–H and O–H groups in total. The second-order valence-corrected chi connectivity index (χ2v) is 7.70. The van der Waals surface area contributed by atoms with E-state index in [1.54, 1.807) is 43.5 Å². The number of benzene rings is 2. The normalized spacial score (nSPS) is 17.3. The smallest absolute Gasteiger partial charge is 0.411 e. The summed E-state index contributed by atoms with van der Waals surface area (Å²) in [4.78, 5) is 39.5. The molecule has 1 fully saturated rings. The zero-order valence-corrected chi connectivity index (χ0v) is 18.6. The number of carbonyl (C=O) groups is 3. The van der Waals surface area contributed by atoms with Crippen molar-refractivity contribution in [2.24, 2.45) is 0 Å². The molecule has 0 saturated carbocycles. The molecule has 1 aliphatic heterocycles. The molecule has 3 aromatic rings. The van der Waals surface area contributed by atoms with Crippen LogP contribution < -0.4 is 10.6 Å². The van der Waals surface area contributed by atoms with E-state index in [2.05, 4.69) is 10.6 Å². The van der Waals surface area contributed by atoms with Gasteiger partial charge in [-0.3, -0.25) is 14.5 Å². The van der Waals surface area contributed by atoms with E-state index in [1.807, 2.05) is 30.3 Å². The number of nitrogens with one attached hydrogen (secondary N) is 2. The predicted octanol–water partition coefficient (Wildman–Crippen LogP) is 3.36. The first-order chi connectivity index (χ1) is 16.6. The molecule has 4 rings (SSSR count). The van der Waals surface area contributed by atoms with E-state index in [9.17, 15) is 14.4 Å². The molecule has 9 heteroatoms. The Morgan fingerprint density at radius 1 is 1.03 bits per heavy atom. The number of methoxy groups -OCH3 is 1. The molecule has 2 heterocycles. The number of rotatable bonds is 9. The fraction of sp³-hybridized carbons (Fsp3) is 0.240. The highest BCUT2D eigenvalue weighted by Crippen LogP contribution is 2.34. The molecule has 2 atom stereocenters. The van der Waals surface area contributed by atoms with Crippen molar-refractivity contribution >= 4 is 23.6 Å². The summed E-state index contributed by atoms with van der Waals surface area (Å²) >= 11 is 0. The summed E-state index contributed by atoms with van der Waals surface area (Å²) in [7, 11) is 1.55. The molecule has 9 nitrogen and oxygen atoms in total. The Labute approximate surface area is 196 Å². The van der Waals surface area contributed by atoms with Crippen LogP contribution in [0.3, 0.4) is 0 Å². The average Bonchev–Trinajstić information content (AvgIpc) is 3.49. The van der Waals surface area contributed by atoms with Crippen LogP contribution in [0.15, 0.2) is 77.4 Å². The second kappa shape index (κ2) is 10.7. The van der Waals surface area contributed by atoms with E-state index in [1.165, 1.54) is 11.2 Å². The molecule has 176 valence electrons. The highest BCUT2D eigenvalue weighted by molar-refractivity contribution is 6.02. The highest BCUT2D eigenvalue weighted by atomic mass is 16.6. The maximum absolute atomic E-state index is 13.1. The minimum Gasteiger partial charge on any atom is -0.459 e. The number of hydrogen-bond acceptors (Lipinski definition) is 6. The first-order valence-corrected chi connectivity index (χ1v) is 10.8. The lowest BCUT2D eigenvalue weighted by atomic mass is 10.0. The number of carbonyl (C=O) groups excluding carboxylic acids is 3. The topological polar surface area (TPSA) is 110 Å². The lowest BCUT2D eigenvalue weighted by molar-refractivity contribution is -0.126. The van der Waals surface area contributed by atoms with Gasteiger partial charge in [0.25, 0.3) is 5.91 Å². The Morgan fingerprint density at radius 3 is 2.47 bits per heavy atom. The van der Waals surface area contributed by atoms with Gasteiger partial charge in [-0.05, 0) is 35.4 Å². The van der Waals surface area contributed by atoms with Gasteiger partial charge in [0.15, 0.2) is 17.9 Å². The van der Waals surface area contributed by atoms with Crippen molar-refractivity contribution in [1.29, 1.82) is 0 Å². The summed E-state index contributed by atoms with van der Waals surface area (Å²) in [5.41, 5.74) is 2.05.